The second kappa shape index (κ2) is 6.72. The van der Waals surface area contributed by atoms with Crippen molar-refractivity contribution < 1.29 is 21.5 Å². The fraction of sp³-hybridized carbons (Fsp3) is 0.625. The number of aromatic nitrogens is 2. The van der Waals surface area contributed by atoms with Gasteiger partial charge in [0.1, 0.15) is 6.33 Å². The zero-order valence-electron chi connectivity index (χ0n) is 9.02. The third-order valence-corrected chi connectivity index (χ3v) is 3.70. The molecule has 1 aromatic heterocycles. The molecule has 0 fully saturated rings. The van der Waals surface area contributed by atoms with Gasteiger partial charge >= 0.3 is 10.1 Å². The summed E-state index contributed by atoms with van der Waals surface area (Å²) >= 11 is -2.06. The molecule has 98 valence electrons. The minimum Gasteiger partial charge on any atom is -0.772 e. The van der Waals surface area contributed by atoms with Gasteiger partial charge < -0.3 is 4.55 Å². The van der Waals surface area contributed by atoms with Gasteiger partial charge in [-0.1, -0.05) is 17.5 Å². The number of unbranched alkanes of at least 4 members (excludes halogenated alkanes) is 2. The predicted octanol–water partition coefficient (Wildman–Crippen LogP) is -0.309. The lowest BCUT2D eigenvalue weighted by atomic mass is 10.3. The summed E-state index contributed by atoms with van der Waals surface area (Å²) in [5.74, 6) is -0.0842. The van der Waals surface area contributed by atoms with Crippen LogP contribution in [0.3, 0.4) is 0 Å². The molecule has 9 heteroatoms. The summed E-state index contributed by atoms with van der Waals surface area (Å²) < 4.78 is 48.9. The molecule has 0 bridgehead atoms. The average molecular weight is 281 g/mol. The normalized spacial score (nSPS) is 13.5. The van der Waals surface area contributed by atoms with Gasteiger partial charge in [-0.25, -0.2) is 4.98 Å². The van der Waals surface area contributed by atoms with Gasteiger partial charge in [0.15, 0.2) is 0 Å². The molecule has 0 saturated heterocycles. The van der Waals surface area contributed by atoms with Crippen LogP contribution >= 0.6 is 0 Å². The van der Waals surface area contributed by atoms with Crippen LogP contribution in [0, 0.1) is 0 Å². The van der Waals surface area contributed by atoms with E-state index in [4.69, 9.17) is 0 Å². The smallest absolute Gasteiger partial charge is 0.327 e. The van der Waals surface area contributed by atoms with E-state index < -0.39 is 21.2 Å². The predicted molar refractivity (Wildman–Crippen MR) is 60.2 cm³/mol. The van der Waals surface area contributed by atoms with E-state index in [0.29, 0.717) is 19.3 Å². The Bertz CT molecular complexity index is 442. The van der Waals surface area contributed by atoms with Gasteiger partial charge in [-0.15, -0.1) is 0 Å². The Morgan fingerprint density at radius 3 is 2.71 bits per heavy atom. The summed E-state index contributed by atoms with van der Waals surface area (Å²) in [7, 11) is -3.64. The van der Waals surface area contributed by atoms with Gasteiger partial charge in [0.2, 0.25) is 0 Å². The summed E-state index contributed by atoms with van der Waals surface area (Å²) in [6, 6.07) is 0. The number of hydrogen-bond acceptors (Lipinski definition) is 6. The van der Waals surface area contributed by atoms with E-state index >= 15 is 0 Å². The van der Waals surface area contributed by atoms with Crippen molar-refractivity contribution in [2.75, 3.05) is 11.5 Å². The summed E-state index contributed by atoms with van der Waals surface area (Å²) in [4.78, 5) is 3.64. The van der Waals surface area contributed by atoms with Crippen molar-refractivity contribution in [3.63, 3.8) is 0 Å². The largest absolute Gasteiger partial charge is 0.772 e. The zero-order chi connectivity index (χ0) is 12.7. The molecule has 1 heterocycles. The van der Waals surface area contributed by atoms with E-state index in [-0.39, 0.29) is 11.5 Å². The molecule has 0 radical (unpaired) electrons. The second-order valence-corrected chi connectivity index (χ2v) is 6.02. The Labute approximate surface area is 102 Å². The lowest BCUT2D eigenvalue weighted by Gasteiger charge is -2.06. The van der Waals surface area contributed by atoms with Crippen LogP contribution in [-0.4, -0.2) is 38.4 Å². The van der Waals surface area contributed by atoms with Crippen molar-refractivity contribution >= 4 is 21.2 Å². The van der Waals surface area contributed by atoms with Crippen molar-refractivity contribution in [3.05, 3.63) is 18.7 Å². The lowest BCUT2D eigenvalue weighted by Crippen LogP contribution is -2.21. The molecule has 0 aromatic carbocycles. The maximum absolute atomic E-state index is 11.4. The first-order valence-corrected chi connectivity index (χ1v) is 7.78. The second-order valence-electron chi connectivity index (χ2n) is 3.33. The molecule has 1 rings (SSSR count). The molecular weight excluding hydrogens is 268 g/mol. The first-order chi connectivity index (χ1) is 7.99. The van der Waals surface area contributed by atoms with Crippen molar-refractivity contribution in [1.29, 1.82) is 0 Å². The number of imidazole rings is 1. The molecule has 0 aliphatic heterocycles. The van der Waals surface area contributed by atoms with Crippen LogP contribution in [0.5, 0.6) is 0 Å². The molecule has 0 N–H and O–H groups in total. The van der Waals surface area contributed by atoms with Crippen molar-refractivity contribution in [2.24, 2.45) is 0 Å². The highest BCUT2D eigenvalue weighted by Gasteiger charge is 2.11. The molecule has 0 spiro atoms. The van der Waals surface area contributed by atoms with Gasteiger partial charge in [0, 0.05) is 11.9 Å². The minimum atomic E-state index is -3.64. The van der Waals surface area contributed by atoms with Crippen molar-refractivity contribution in [2.45, 2.75) is 19.3 Å². The third-order valence-electron chi connectivity index (χ3n) is 1.89. The van der Waals surface area contributed by atoms with E-state index in [1.165, 1.54) is 18.7 Å². The fourth-order valence-electron chi connectivity index (χ4n) is 1.13. The van der Waals surface area contributed by atoms with Gasteiger partial charge in [0.25, 0.3) is 0 Å². The summed E-state index contributed by atoms with van der Waals surface area (Å²) in [5, 5.41) is 0. The quantitative estimate of drug-likeness (QED) is 0.478. The Morgan fingerprint density at radius 2 is 2.12 bits per heavy atom. The number of nitrogens with zero attached hydrogens (tertiary/aromatic N) is 2. The summed E-state index contributed by atoms with van der Waals surface area (Å²) in [6.45, 7) is 0. The third kappa shape index (κ3) is 6.39. The molecule has 0 saturated carbocycles. The number of rotatable bonds is 8. The Kier molecular flexibility index (Phi) is 5.59. The molecule has 0 aliphatic carbocycles. The summed E-state index contributed by atoms with van der Waals surface area (Å²) in [6.07, 6.45) is 5.36. The Balaban J connectivity index is 2.23. The van der Waals surface area contributed by atoms with Crippen LogP contribution in [0.25, 0.3) is 0 Å². The average Bonchev–Trinajstić information content (AvgIpc) is 2.68. The lowest BCUT2D eigenvalue weighted by molar-refractivity contribution is 0.278. The molecule has 17 heavy (non-hydrogen) atoms. The SMILES string of the molecule is O=S([O-])CCCCCS(=O)(=O)On1ccnc1. The van der Waals surface area contributed by atoms with E-state index in [9.17, 15) is 17.2 Å². The van der Waals surface area contributed by atoms with E-state index in [1.54, 1.807) is 0 Å². The van der Waals surface area contributed by atoms with Crippen LogP contribution < -0.4 is 4.28 Å². The van der Waals surface area contributed by atoms with Gasteiger partial charge in [0.05, 0.1) is 11.9 Å². The topological polar surface area (TPSA) is 101 Å². The van der Waals surface area contributed by atoms with Crippen LogP contribution in [0.2, 0.25) is 0 Å². The highest BCUT2D eigenvalue weighted by atomic mass is 32.2. The minimum absolute atomic E-state index is 0.0580. The summed E-state index contributed by atoms with van der Waals surface area (Å²) in [5.41, 5.74) is 0. The number of hydrogen-bond donors (Lipinski definition) is 0. The maximum atomic E-state index is 11.4. The standard InChI is InChI=1S/C8H14N2O5S2/c11-16(12)6-2-1-3-7-17(13,14)15-10-5-4-9-8-10/h4-5,8H,1-3,6-7H2,(H,11,12)/p-1. The highest BCUT2D eigenvalue weighted by molar-refractivity contribution is 7.86. The van der Waals surface area contributed by atoms with Gasteiger partial charge in [-0.2, -0.15) is 13.1 Å². The molecule has 0 amide bonds. The van der Waals surface area contributed by atoms with Crippen LogP contribution in [0.1, 0.15) is 19.3 Å². The maximum Gasteiger partial charge on any atom is 0.327 e. The first kappa shape index (κ1) is 14.1. The molecule has 0 aliphatic rings. The molecule has 7 nitrogen and oxygen atoms in total. The van der Waals surface area contributed by atoms with E-state index in [1.807, 2.05) is 0 Å². The zero-order valence-corrected chi connectivity index (χ0v) is 10.7. The molecule has 1 unspecified atom stereocenters. The van der Waals surface area contributed by atoms with Crippen molar-refractivity contribution in [1.82, 2.24) is 9.71 Å². The van der Waals surface area contributed by atoms with Gasteiger partial charge in [-0.3, -0.25) is 8.49 Å². The fourth-order valence-corrected chi connectivity index (χ4v) is 2.56. The first-order valence-electron chi connectivity index (χ1n) is 4.96. The van der Waals surface area contributed by atoms with Crippen LogP contribution in [0.15, 0.2) is 18.7 Å². The van der Waals surface area contributed by atoms with E-state index in [0.717, 1.165) is 4.73 Å². The van der Waals surface area contributed by atoms with Crippen LogP contribution in [-0.2, 0) is 21.2 Å². The Hall–Kier alpha value is -0.930. The van der Waals surface area contributed by atoms with Crippen LogP contribution in [0.4, 0.5) is 0 Å². The Morgan fingerprint density at radius 1 is 1.35 bits per heavy atom. The van der Waals surface area contributed by atoms with Gasteiger partial charge in [-0.05, 0) is 12.8 Å². The van der Waals surface area contributed by atoms with E-state index in [2.05, 4.69) is 9.27 Å². The molecule has 1 atom stereocenters. The monoisotopic (exact) mass is 281 g/mol. The highest BCUT2D eigenvalue weighted by Crippen LogP contribution is 2.01. The molecular formula is C8H13N2O5S2-. The van der Waals surface area contributed by atoms with Crippen molar-refractivity contribution in [3.8, 4) is 0 Å². The molecule has 1 aromatic rings.